The maximum absolute atomic E-state index is 11.5. The van der Waals surface area contributed by atoms with Crippen LogP contribution in [-0.4, -0.2) is 22.6 Å². The fraction of sp³-hybridized carbons (Fsp3) is 0.167. The molecule has 6 heteroatoms. The molecule has 0 saturated heterocycles. The average Bonchev–Trinajstić information content (AvgIpc) is 2.62. The van der Waals surface area contributed by atoms with E-state index in [1.54, 1.807) is 29.7 Å². The van der Waals surface area contributed by atoms with Crippen molar-refractivity contribution in [2.45, 2.75) is 13.1 Å². The van der Waals surface area contributed by atoms with E-state index in [1.807, 2.05) is 29.2 Å². The van der Waals surface area contributed by atoms with E-state index in [2.05, 4.69) is 12.1 Å². The zero-order valence-electron chi connectivity index (χ0n) is 12.9. The molecule has 1 amide bonds. The third kappa shape index (κ3) is 4.92. The molecular formula is C18H16N4O2. The first-order valence-electron chi connectivity index (χ1n) is 7.28. The molecule has 0 aromatic heterocycles. The van der Waals surface area contributed by atoms with Gasteiger partial charge in [0, 0.05) is 13.1 Å². The van der Waals surface area contributed by atoms with Gasteiger partial charge < -0.3 is 0 Å². The third-order valence-electron chi connectivity index (χ3n) is 3.47. The number of hydrogen-bond acceptors (Lipinski definition) is 5. The molecule has 0 unspecified atom stereocenters. The summed E-state index contributed by atoms with van der Waals surface area (Å²) < 4.78 is 0. The summed E-state index contributed by atoms with van der Waals surface area (Å²) in [6.07, 6.45) is 0. The molecule has 0 fully saturated rings. The number of nitrogens with zero attached hydrogens (tertiary/aromatic N) is 3. The lowest BCUT2D eigenvalue weighted by molar-refractivity contribution is -0.130. The highest BCUT2D eigenvalue weighted by atomic mass is 16.5. The van der Waals surface area contributed by atoms with Gasteiger partial charge in [0.15, 0.2) is 0 Å². The molecule has 2 aromatic rings. The number of amides is 1. The molecule has 2 N–H and O–H groups in total. The van der Waals surface area contributed by atoms with Crippen LogP contribution in [0.4, 0.5) is 0 Å². The first-order chi connectivity index (χ1) is 11.6. The topological polar surface area (TPSA) is 100 Å². The molecule has 0 radical (unpaired) electrons. The minimum atomic E-state index is -0.503. The van der Waals surface area contributed by atoms with Crippen LogP contribution in [0.3, 0.4) is 0 Å². The molecule has 120 valence electrons. The number of nitriles is 2. The van der Waals surface area contributed by atoms with E-state index in [4.69, 9.17) is 15.7 Å². The van der Waals surface area contributed by atoms with Crippen LogP contribution in [0.25, 0.3) is 0 Å². The van der Waals surface area contributed by atoms with E-state index < -0.39 is 5.91 Å². The number of nitrogens with one attached hydrogen (secondary N) is 1. The molecule has 0 bridgehead atoms. The molecule has 0 aliphatic rings. The third-order valence-corrected chi connectivity index (χ3v) is 3.47. The zero-order valence-corrected chi connectivity index (χ0v) is 12.9. The van der Waals surface area contributed by atoms with Gasteiger partial charge in [0.25, 0.3) is 5.91 Å². The Morgan fingerprint density at radius 1 is 0.917 bits per heavy atom. The number of carbonyl (C=O) groups excluding carboxylic acids is 1. The summed E-state index contributed by atoms with van der Waals surface area (Å²) in [5, 5.41) is 26.4. The maximum Gasteiger partial charge on any atom is 0.257 e. The van der Waals surface area contributed by atoms with Gasteiger partial charge in [0.2, 0.25) is 0 Å². The highest BCUT2D eigenvalue weighted by molar-refractivity contribution is 5.76. The van der Waals surface area contributed by atoms with Crippen molar-refractivity contribution < 1.29 is 10.0 Å². The largest absolute Gasteiger partial charge is 0.289 e. The van der Waals surface area contributed by atoms with Crippen molar-refractivity contribution in [2.75, 3.05) is 6.54 Å². The first-order valence-corrected chi connectivity index (χ1v) is 7.28. The summed E-state index contributed by atoms with van der Waals surface area (Å²) in [6.45, 7) is 0.995. The van der Waals surface area contributed by atoms with Gasteiger partial charge in [-0.1, -0.05) is 24.3 Å². The van der Waals surface area contributed by atoms with Gasteiger partial charge in [-0.2, -0.15) is 10.5 Å². The molecule has 2 aromatic carbocycles. The van der Waals surface area contributed by atoms with Gasteiger partial charge in [-0.15, -0.1) is 0 Å². The molecule has 6 nitrogen and oxygen atoms in total. The van der Waals surface area contributed by atoms with E-state index in [1.165, 1.54) is 0 Å². The predicted octanol–water partition coefficient (Wildman–Crippen LogP) is 1.94. The Morgan fingerprint density at radius 3 is 1.67 bits per heavy atom. The van der Waals surface area contributed by atoms with E-state index in [0.717, 1.165) is 11.1 Å². The highest BCUT2D eigenvalue weighted by Gasteiger charge is 2.12. The van der Waals surface area contributed by atoms with Gasteiger partial charge in [-0.3, -0.25) is 14.9 Å². The van der Waals surface area contributed by atoms with Crippen molar-refractivity contribution in [3.05, 3.63) is 70.8 Å². The quantitative estimate of drug-likeness (QED) is 0.626. The number of hydroxylamine groups is 1. The van der Waals surface area contributed by atoms with E-state index >= 15 is 0 Å². The minimum absolute atomic E-state index is 0.0243. The second-order valence-corrected chi connectivity index (χ2v) is 5.30. The van der Waals surface area contributed by atoms with Crippen molar-refractivity contribution in [2.24, 2.45) is 0 Å². The van der Waals surface area contributed by atoms with Crippen molar-refractivity contribution in [1.29, 1.82) is 10.5 Å². The SMILES string of the molecule is N#Cc1ccc(CN(CC(=O)NO)Cc2ccc(C#N)cc2)cc1. The second-order valence-electron chi connectivity index (χ2n) is 5.30. The van der Waals surface area contributed by atoms with Gasteiger partial charge in [0.1, 0.15) is 0 Å². The second kappa shape index (κ2) is 8.44. The van der Waals surface area contributed by atoms with Crippen LogP contribution in [0.2, 0.25) is 0 Å². The van der Waals surface area contributed by atoms with Crippen LogP contribution < -0.4 is 5.48 Å². The fourth-order valence-electron chi connectivity index (χ4n) is 2.29. The van der Waals surface area contributed by atoms with Crippen LogP contribution in [0, 0.1) is 22.7 Å². The Labute approximate surface area is 140 Å². The summed E-state index contributed by atoms with van der Waals surface area (Å²) >= 11 is 0. The molecule has 0 atom stereocenters. The van der Waals surface area contributed by atoms with Crippen molar-refractivity contribution >= 4 is 5.91 Å². The standard InChI is InChI=1S/C18H16N4O2/c19-9-14-1-5-16(6-2-14)11-22(13-18(23)21-24)12-17-7-3-15(10-20)4-8-17/h1-8,24H,11-13H2,(H,21,23). The minimum Gasteiger partial charge on any atom is -0.289 e. The summed E-state index contributed by atoms with van der Waals surface area (Å²) in [5.41, 5.74) is 4.69. The highest BCUT2D eigenvalue weighted by Crippen LogP contribution is 2.12. The lowest BCUT2D eigenvalue weighted by atomic mass is 10.1. The smallest absolute Gasteiger partial charge is 0.257 e. The number of benzene rings is 2. The molecule has 2 rings (SSSR count). The van der Waals surface area contributed by atoms with Crippen molar-refractivity contribution in [1.82, 2.24) is 10.4 Å². The molecule has 0 heterocycles. The van der Waals surface area contributed by atoms with Gasteiger partial charge >= 0.3 is 0 Å². The van der Waals surface area contributed by atoms with Crippen molar-refractivity contribution in [3.63, 3.8) is 0 Å². The van der Waals surface area contributed by atoms with Gasteiger partial charge in [-0.25, -0.2) is 5.48 Å². The summed E-state index contributed by atoms with van der Waals surface area (Å²) in [6, 6.07) is 18.4. The van der Waals surface area contributed by atoms with Crippen LogP contribution in [0.5, 0.6) is 0 Å². The average molecular weight is 320 g/mol. The van der Waals surface area contributed by atoms with E-state index in [0.29, 0.717) is 24.2 Å². The van der Waals surface area contributed by atoms with Crippen LogP contribution in [0.1, 0.15) is 22.3 Å². The molecular weight excluding hydrogens is 304 g/mol. The Kier molecular flexibility index (Phi) is 6.04. The number of carbonyl (C=O) groups is 1. The van der Waals surface area contributed by atoms with E-state index in [-0.39, 0.29) is 6.54 Å². The Balaban J connectivity index is 2.12. The molecule has 0 aliphatic carbocycles. The lowest BCUT2D eigenvalue weighted by Crippen LogP contribution is -2.35. The molecule has 24 heavy (non-hydrogen) atoms. The molecule has 0 saturated carbocycles. The Morgan fingerprint density at radius 2 is 1.33 bits per heavy atom. The van der Waals surface area contributed by atoms with Gasteiger partial charge in [0.05, 0.1) is 29.8 Å². The van der Waals surface area contributed by atoms with Crippen molar-refractivity contribution in [3.8, 4) is 12.1 Å². The van der Waals surface area contributed by atoms with E-state index in [9.17, 15) is 4.79 Å². The van der Waals surface area contributed by atoms with Crippen LogP contribution in [-0.2, 0) is 17.9 Å². The molecule has 0 spiro atoms. The zero-order chi connectivity index (χ0) is 17.4. The summed E-state index contributed by atoms with van der Waals surface area (Å²) in [4.78, 5) is 13.4. The normalized spacial score (nSPS) is 10.0. The molecule has 0 aliphatic heterocycles. The Bertz CT molecular complexity index is 711. The summed E-state index contributed by atoms with van der Waals surface area (Å²) in [5.74, 6) is -0.503. The van der Waals surface area contributed by atoms with Gasteiger partial charge in [-0.05, 0) is 35.4 Å². The fourth-order valence-corrected chi connectivity index (χ4v) is 2.29. The van der Waals surface area contributed by atoms with Crippen LogP contribution >= 0.6 is 0 Å². The monoisotopic (exact) mass is 320 g/mol. The maximum atomic E-state index is 11.5. The number of rotatable bonds is 6. The lowest BCUT2D eigenvalue weighted by Gasteiger charge is -2.21. The Hall–Kier alpha value is -3.19. The first kappa shape index (κ1) is 17.2. The number of hydrogen-bond donors (Lipinski definition) is 2. The predicted molar refractivity (Wildman–Crippen MR) is 86.4 cm³/mol. The van der Waals surface area contributed by atoms with Crippen LogP contribution in [0.15, 0.2) is 48.5 Å². The summed E-state index contributed by atoms with van der Waals surface area (Å²) in [7, 11) is 0.